The fourth-order valence-corrected chi connectivity index (χ4v) is 6.94. The summed E-state index contributed by atoms with van der Waals surface area (Å²) in [5.74, 6) is 0.873. The number of azo groups is 1. The molecule has 0 aromatic heterocycles. The van der Waals surface area contributed by atoms with Crippen molar-refractivity contribution >= 4 is 5.69 Å². The molecule has 3 heterocycles. The molecule has 0 amide bonds. The van der Waals surface area contributed by atoms with Gasteiger partial charge in [0.05, 0.1) is 12.8 Å². The highest BCUT2D eigenvalue weighted by molar-refractivity contribution is 5.40. The quantitative estimate of drug-likeness (QED) is 0.518. The fourth-order valence-electron chi connectivity index (χ4n) is 6.94. The summed E-state index contributed by atoms with van der Waals surface area (Å²) in [6, 6.07) is 10.0. The van der Waals surface area contributed by atoms with Gasteiger partial charge in [0.2, 0.25) is 0 Å². The number of hydrogen-bond acceptors (Lipinski definition) is 6. The van der Waals surface area contributed by atoms with Crippen molar-refractivity contribution in [3.05, 3.63) is 24.3 Å². The smallest absolute Gasteiger partial charge is 0.119 e. The molecular weight excluding hydrogens is 422 g/mol. The molecule has 0 bridgehead atoms. The molecule has 2 unspecified atom stereocenters. The van der Waals surface area contributed by atoms with E-state index in [0.717, 1.165) is 11.4 Å². The van der Waals surface area contributed by atoms with Crippen LogP contribution in [0.2, 0.25) is 0 Å². The van der Waals surface area contributed by atoms with E-state index in [0.29, 0.717) is 18.1 Å². The number of methoxy groups -OCH3 is 1. The molecule has 3 saturated heterocycles. The Kier molecular flexibility index (Phi) is 8.51. The van der Waals surface area contributed by atoms with Crippen LogP contribution in [0.25, 0.3) is 0 Å². The van der Waals surface area contributed by atoms with E-state index in [-0.39, 0.29) is 6.04 Å². The van der Waals surface area contributed by atoms with Crippen molar-refractivity contribution in [1.29, 1.82) is 0 Å². The number of hydrogen-bond donors (Lipinski definition) is 0. The van der Waals surface area contributed by atoms with Gasteiger partial charge in [-0.2, -0.15) is 10.2 Å². The van der Waals surface area contributed by atoms with Crippen molar-refractivity contribution < 1.29 is 4.74 Å². The minimum absolute atomic E-state index is 0.263. The van der Waals surface area contributed by atoms with E-state index in [1.807, 2.05) is 24.3 Å². The third-order valence-corrected chi connectivity index (χ3v) is 8.82. The van der Waals surface area contributed by atoms with Crippen molar-refractivity contribution in [3.63, 3.8) is 0 Å². The van der Waals surface area contributed by atoms with Gasteiger partial charge in [-0.05, 0) is 115 Å². The number of likely N-dealkylation sites (tertiary alicyclic amines) is 3. The summed E-state index contributed by atoms with van der Waals surface area (Å²) in [6.45, 7) is 7.53. The van der Waals surface area contributed by atoms with Gasteiger partial charge >= 0.3 is 0 Å². The van der Waals surface area contributed by atoms with E-state index in [9.17, 15) is 0 Å². The number of benzene rings is 1. The van der Waals surface area contributed by atoms with Gasteiger partial charge in [0.25, 0.3) is 0 Å². The Labute approximate surface area is 206 Å². The van der Waals surface area contributed by atoms with Crippen LogP contribution >= 0.6 is 0 Å². The molecule has 2 atom stereocenters. The second-order valence-corrected chi connectivity index (χ2v) is 11.0. The lowest BCUT2D eigenvalue weighted by Gasteiger charge is -2.52. The molecule has 1 aromatic rings. The van der Waals surface area contributed by atoms with Gasteiger partial charge in [-0.3, -0.25) is 9.80 Å². The molecule has 0 N–H and O–H groups in total. The van der Waals surface area contributed by atoms with Gasteiger partial charge in [0, 0.05) is 18.1 Å². The lowest BCUT2D eigenvalue weighted by atomic mass is 9.79. The highest BCUT2D eigenvalue weighted by Crippen LogP contribution is 2.36. The molecule has 1 aliphatic carbocycles. The maximum Gasteiger partial charge on any atom is 0.119 e. The summed E-state index contributed by atoms with van der Waals surface area (Å²) in [6.07, 6.45) is 14.8. The Morgan fingerprint density at radius 3 is 1.59 bits per heavy atom. The first-order valence-electron chi connectivity index (χ1n) is 14.1. The van der Waals surface area contributed by atoms with Crippen LogP contribution in [0, 0.1) is 0 Å². The van der Waals surface area contributed by atoms with Gasteiger partial charge in [-0.15, -0.1) is 0 Å². The van der Waals surface area contributed by atoms with E-state index < -0.39 is 0 Å². The number of rotatable bonds is 6. The van der Waals surface area contributed by atoms with Crippen LogP contribution in [-0.4, -0.2) is 85.2 Å². The molecule has 1 aromatic carbocycles. The highest BCUT2D eigenvalue weighted by atomic mass is 16.5. The third-order valence-electron chi connectivity index (χ3n) is 8.82. The van der Waals surface area contributed by atoms with E-state index in [2.05, 4.69) is 14.7 Å². The van der Waals surface area contributed by atoms with E-state index in [1.54, 1.807) is 7.11 Å². The van der Waals surface area contributed by atoms with E-state index in [1.165, 1.54) is 110 Å². The maximum atomic E-state index is 5.34. The molecule has 0 spiro atoms. The minimum Gasteiger partial charge on any atom is -0.497 e. The lowest BCUT2D eigenvalue weighted by molar-refractivity contribution is -0.00227. The zero-order chi connectivity index (χ0) is 23.2. The second-order valence-electron chi connectivity index (χ2n) is 11.0. The standard InChI is InChI=1S/C28H45N5O/c1-34-25-13-11-23(12-14-25)29-30-28-26(32-17-7-3-8-18-32)21-24(31-15-5-2-6-16-31)22-27(28)33-19-9-4-10-20-33/h11-14,24,26-28H,2-10,15-22H2,1H3. The van der Waals surface area contributed by atoms with Gasteiger partial charge in [0.1, 0.15) is 11.8 Å². The topological polar surface area (TPSA) is 43.7 Å². The zero-order valence-electron chi connectivity index (χ0n) is 21.3. The molecule has 34 heavy (non-hydrogen) atoms. The molecule has 0 radical (unpaired) electrons. The fraction of sp³-hybridized carbons (Fsp3) is 0.786. The average molecular weight is 468 g/mol. The van der Waals surface area contributed by atoms with Crippen LogP contribution in [0.15, 0.2) is 34.5 Å². The number of ether oxygens (including phenoxy) is 1. The summed E-state index contributed by atoms with van der Waals surface area (Å²) >= 11 is 0. The Bertz CT molecular complexity index is 738. The minimum atomic E-state index is 0.263. The van der Waals surface area contributed by atoms with Crippen molar-refractivity contribution in [2.45, 2.75) is 94.8 Å². The first-order valence-corrected chi connectivity index (χ1v) is 14.1. The molecule has 4 fully saturated rings. The monoisotopic (exact) mass is 467 g/mol. The summed E-state index contributed by atoms with van der Waals surface area (Å²) in [7, 11) is 1.71. The van der Waals surface area contributed by atoms with E-state index >= 15 is 0 Å². The predicted octanol–water partition coefficient (Wildman–Crippen LogP) is 5.50. The van der Waals surface area contributed by atoms with Crippen LogP contribution in [0.3, 0.4) is 0 Å². The van der Waals surface area contributed by atoms with Crippen LogP contribution in [0.4, 0.5) is 5.69 Å². The lowest BCUT2D eigenvalue weighted by Crippen LogP contribution is -2.62. The van der Waals surface area contributed by atoms with Crippen LogP contribution in [-0.2, 0) is 0 Å². The van der Waals surface area contributed by atoms with Crippen LogP contribution < -0.4 is 4.74 Å². The average Bonchev–Trinajstić information content (AvgIpc) is 2.93. The molecule has 6 heteroatoms. The Morgan fingerprint density at radius 1 is 0.647 bits per heavy atom. The van der Waals surface area contributed by atoms with Gasteiger partial charge in [0.15, 0.2) is 0 Å². The molecule has 1 saturated carbocycles. The third kappa shape index (κ3) is 5.83. The summed E-state index contributed by atoms with van der Waals surface area (Å²) in [5.41, 5.74) is 0.939. The van der Waals surface area contributed by atoms with Gasteiger partial charge < -0.3 is 9.64 Å². The first kappa shape index (κ1) is 24.2. The Balaban J connectivity index is 1.42. The predicted molar refractivity (Wildman–Crippen MR) is 138 cm³/mol. The molecule has 3 aliphatic heterocycles. The first-order chi connectivity index (χ1) is 16.8. The number of nitrogens with zero attached hydrogens (tertiary/aromatic N) is 5. The second kappa shape index (κ2) is 12.0. The summed E-state index contributed by atoms with van der Waals surface area (Å²) in [5, 5.41) is 10.0. The molecule has 5 rings (SSSR count). The summed E-state index contributed by atoms with van der Waals surface area (Å²) in [4.78, 5) is 8.44. The molecular formula is C28H45N5O. The largest absolute Gasteiger partial charge is 0.497 e. The molecule has 6 nitrogen and oxygen atoms in total. The Morgan fingerprint density at radius 2 is 1.12 bits per heavy atom. The SMILES string of the molecule is COc1ccc(N=NC2C(N3CCCCC3)CC(N3CCCCC3)CC2N2CCCCC2)cc1. The maximum absolute atomic E-state index is 5.34. The number of piperidine rings is 3. The summed E-state index contributed by atoms with van der Waals surface area (Å²) < 4.78 is 5.34. The van der Waals surface area contributed by atoms with Crippen molar-refractivity contribution in [3.8, 4) is 5.75 Å². The van der Waals surface area contributed by atoms with E-state index in [4.69, 9.17) is 15.0 Å². The Hall–Kier alpha value is -1.50. The molecule has 4 aliphatic rings. The molecule has 188 valence electrons. The van der Waals surface area contributed by atoms with Gasteiger partial charge in [-0.1, -0.05) is 19.3 Å². The van der Waals surface area contributed by atoms with Crippen molar-refractivity contribution in [1.82, 2.24) is 14.7 Å². The van der Waals surface area contributed by atoms with Crippen LogP contribution in [0.5, 0.6) is 5.75 Å². The van der Waals surface area contributed by atoms with Crippen molar-refractivity contribution in [2.75, 3.05) is 46.4 Å². The van der Waals surface area contributed by atoms with Gasteiger partial charge in [-0.25, -0.2) is 0 Å². The van der Waals surface area contributed by atoms with Crippen molar-refractivity contribution in [2.24, 2.45) is 10.2 Å². The zero-order valence-corrected chi connectivity index (χ0v) is 21.3. The normalized spacial score (nSPS) is 32.7. The highest BCUT2D eigenvalue weighted by Gasteiger charge is 2.45. The van der Waals surface area contributed by atoms with Crippen LogP contribution in [0.1, 0.15) is 70.6 Å².